The van der Waals surface area contributed by atoms with E-state index < -0.39 is 0 Å². The molecule has 0 aromatic heterocycles. The molecule has 0 aliphatic heterocycles. The fourth-order valence-electron chi connectivity index (χ4n) is 4.43. The van der Waals surface area contributed by atoms with Crippen LogP contribution in [0, 0.1) is 19.3 Å². The number of halogens is 1. The SMILES string of the molecule is O=C=O.[C-]#[N+]c1ccc(NC(=S)N(c2ccc(CN(C)C3CCCCC3)c(F)c2)C(C)C)cc1C. The van der Waals surface area contributed by atoms with Crippen molar-refractivity contribution in [3.05, 3.63) is 64.8 Å². The first-order valence-electron chi connectivity index (χ1n) is 11.8. The number of thiocarbonyl (C=S) groups is 1. The van der Waals surface area contributed by atoms with Crippen LogP contribution in [0.2, 0.25) is 0 Å². The molecule has 8 heteroatoms. The van der Waals surface area contributed by atoms with Gasteiger partial charge in [-0.15, -0.1) is 0 Å². The second-order valence-corrected chi connectivity index (χ2v) is 9.46. The van der Waals surface area contributed by atoms with Crippen molar-refractivity contribution in [3.8, 4) is 0 Å². The fraction of sp³-hybridized carbons (Fsp3) is 0.444. The summed E-state index contributed by atoms with van der Waals surface area (Å²) in [7, 11) is 2.10. The van der Waals surface area contributed by atoms with Gasteiger partial charge in [0, 0.05) is 35.6 Å². The van der Waals surface area contributed by atoms with E-state index in [1.807, 2.05) is 49.9 Å². The molecule has 6 nitrogen and oxygen atoms in total. The van der Waals surface area contributed by atoms with Crippen molar-refractivity contribution in [3.63, 3.8) is 0 Å². The highest BCUT2D eigenvalue weighted by molar-refractivity contribution is 7.80. The molecule has 35 heavy (non-hydrogen) atoms. The van der Waals surface area contributed by atoms with Crippen molar-refractivity contribution in [1.82, 2.24) is 4.90 Å². The van der Waals surface area contributed by atoms with Gasteiger partial charge in [-0.1, -0.05) is 31.4 Å². The molecule has 0 atom stereocenters. The molecule has 0 amide bonds. The van der Waals surface area contributed by atoms with Gasteiger partial charge in [0.25, 0.3) is 0 Å². The van der Waals surface area contributed by atoms with Gasteiger partial charge < -0.3 is 10.2 Å². The van der Waals surface area contributed by atoms with Gasteiger partial charge in [-0.25, -0.2) is 9.24 Å². The molecule has 0 saturated heterocycles. The lowest BCUT2D eigenvalue weighted by molar-refractivity contribution is -0.191. The van der Waals surface area contributed by atoms with E-state index >= 15 is 4.39 Å². The van der Waals surface area contributed by atoms with Crippen molar-refractivity contribution in [2.45, 2.75) is 71.5 Å². The zero-order chi connectivity index (χ0) is 26.0. The second-order valence-electron chi connectivity index (χ2n) is 9.07. The Labute approximate surface area is 212 Å². The Hall–Kier alpha value is -3.11. The maximum absolute atomic E-state index is 15.1. The number of hydrogen-bond donors (Lipinski definition) is 1. The van der Waals surface area contributed by atoms with E-state index in [1.54, 1.807) is 12.1 Å². The topological polar surface area (TPSA) is 57.0 Å². The van der Waals surface area contributed by atoms with Gasteiger partial charge in [-0.2, -0.15) is 9.59 Å². The molecule has 1 aliphatic rings. The summed E-state index contributed by atoms with van der Waals surface area (Å²) >= 11 is 5.68. The Kier molecular flexibility index (Phi) is 11.0. The van der Waals surface area contributed by atoms with Crippen molar-refractivity contribution in [2.24, 2.45) is 0 Å². The summed E-state index contributed by atoms with van der Waals surface area (Å²) in [6, 6.07) is 11.6. The third-order valence-electron chi connectivity index (χ3n) is 6.24. The largest absolute Gasteiger partial charge is 0.373 e. The minimum Gasteiger partial charge on any atom is -0.332 e. The minimum atomic E-state index is -0.198. The van der Waals surface area contributed by atoms with Crippen LogP contribution in [0.25, 0.3) is 4.85 Å². The number of rotatable bonds is 6. The van der Waals surface area contributed by atoms with Crippen LogP contribution in [0.1, 0.15) is 57.1 Å². The number of benzene rings is 2. The molecule has 0 heterocycles. The van der Waals surface area contributed by atoms with E-state index in [9.17, 15) is 0 Å². The van der Waals surface area contributed by atoms with E-state index in [0.29, 0.717) is 23.4 Å². The van der Waals surface area contributed by atoms with Crippen LogP contribution in [0.5, 0.6) is 0 Å². The molecule has 186 valence electrons. The molecule has 2 aromatic carbocycles. The van der Waals surface area contributed by atoms with Crippen LogP contribution in [0.15, 0.2) is 36.4 Å². The Balaban J connectivity index is 0.00000137. The van der Waals surface area contributed by atoms with E-state index in [2.05, 4.69) is 22.1 Å². The number of aryl methyl sites for hydroxylation is 1. The summed E-state index contributed by atoms with van der Waals surface area (Å²) in [6.45, 7) is 13.8. The van der Waals surface area contributed by atoms with Crippen LogP contribution in [0.4, 0.5) is 21.5 Å². The van der Waals surface area contributed by atoms with Gasteiger partial charge in [-0.3, -0.25) is 4.90 Å². The minimum absolute atomic E-state index is 0.0498. The molecule has 0 bridgehead atoms. The third kappa shape index (κ3) is 7.97. The molecular weight excluding hydrogens is 463 g/mol. The van der Waals surface area contributed by atoms with E-state index in [4.69, 9.17) is 28.4 Å². The highest BCUT2D eigenvalue weighted by atomic mass is 32.1. The molecule has 1 aliphatic carbocycles. The molecule has 1 saturated carbocycles. The lowest BCUT2D eigenvalue weighted by atomic mass is 9.94. The van der Waals surface area contributed by atoms with E-state index in [1.165, 1.54) is 32.1 Å². The average molecular weight is 497 g/mol. The lowest BCUT2D eigenvalue weighted by Crippen LogP contribution is -2.40. The van der Waals surface area contributed by atoms with Crippen LogP contribution >= 0.6 is 12.2 Å². The van der Waals surface area contributed by atoms with Crippen molar-refractivity contribution < 1.29 is 14.0 Å². The standard InChI is InChI=1S/C26H33FN4S.CO2/c1-18(2)31(26(32)29-21-12-14-25(28-4)19(3)15-21)23-13-11-20(24(27)16-23)17-30(5)22-9-7-6-8-10-22;2-1-3/h11-16,18,22H,6-10,17H2,1-3,5H3,(H,29,32);. The maximum Gasteiger partial charge on any atom is 0.373 e. The fourth-order valence-corrected chi connectivity index (χ4v) is 4.86. The number of nitrogens with one attached hydrogen (secondary N) is 1. The first-order chi connectivity index (χ1) is 16.7. The van der Waals surface area contributed by atoms with Gasteiger partial charge in [0.15, 0.2) is 10.8 Å². The first kappa shape index (κ1) is 28.1. The summed E-state index contributed by atoms with van der Waals surface area (Å²) in [4.78, 5) is 24.0. The number of carbonyl (C=O) groups excluding carboxylic acids is 2. The zero-order valence-corrected chi connectivity index (χ0v) is 21.6. The molecule has 0 radical (unpaired) electrons. The van der Waals surface area contributed by atoms with Crippen molar-refractivity contribution >= 4 is 40.5 Å². The normalized spacial score (nSPS) is 13.4. The van der Waals surface area contributed by atoms with E-state index in [-0.39, 0.29) is 18.0 Å². The summed E-state index contributed by atoms with van der Waals surface area (Å²) in [5.74, 6) is -0.198. The molecular formula is C27H33FN4O2S. The monoisotopic (exact) mass is 496 g/mol. The van der Waals surface area contributed by atoms with Crippen LogP contribution in [0.3, 0.4) is 0 Å². The summed E-state index contributed by atoms with van der Waals surface area (Å²) < 4.78 is 15.1. The molecule has 3 rings (SSSR count). The molecule has 1 fully saturated rings. The Bertz CT molecular complexity index is 1090. The van der Waals surface area contributed by atoms with Gasteiger partial charge in [0.05, 0.1) is 6.57 Å². The van der Waals surface area contributed by atoms with Crippen LogP contribution < -0.4 is 10.2 Å². The predicted octanol–water partition coefficient (Wildman–Crippen LogP) is 6.48. The van der Waals surface area contributed by atoms with Crippen LogP contribution in [-0.4, -0.2) is 35.3 Å². The van der Waals surface area contributed by atoms with Gasteiger partial charge >= 0.3 is 6.15 Å². The third-order valence-corrected chi connectivity index (χ3v) is 6.54. The quantitative estimate of drug-likeness (QED) is 0.365. The Morgan fingerprint density at radius 3 is 2.40 bits per heavy atom. The van der Waals surface area contributed by atoms with Gasteiger partial charge in [-0.05, 0) is 82.7 Å². The summed E-state index contributed by atoms with van der Waals surface area (Å²) in [5.41, 5.74) is 3.78. The highest BCUT2D eigenvalue weighted by Crippen LogP contribution is 2.27. The smallest absolute Gasteiger partial charge is 0.332 e. The summed E-state index contributed by atoms with van der Waals surface area (Å²) in [6.07, 6.45) is 6.51. The molecule has 0 unspecified atom stereocenters. The first-order valence-corrected chi connectivity index (χ1v) is 12.2. The summed E-state index contributed by atoms with van der Waals surface area (Å²) in [5, 5.41) is 3.75. The number of nitrogens with zero attached hydrogens (tertiary/aromatic N) is 3. The van der Waals surface area contributed by atoms with Crippen LogP contribution in [-0.2, 0) is 16.1 Å². The predicted molar refractivity (Wildman–Crippen MR) is 141 cm³/mol. The van der Waals surface area contributed by atoms with Gasteiger partial charge in [0.2, 0.25) is 0 Å². The Morgan fingerprint density at radius 2 is 1.86 bits per heavy atom. The number of hydrogen-bond acceptors (Lipinski definition) is 4. The van der Waals surface area contributed by atoms with Crippen molar-refractivity contribution in [2.75, 3.05) is 17.3 Å². The highest BCUT2D eigenvalue weighted by Gasteiger charge is 2.21. The van der Waals surface area contributed by atoms with E-state index in [0.717, 1.165) is 22.5 Å². The van der Waals surface area contributed by atoms with Crippen molar-refractivity contribution in [1.29, 1.82) is 0 Å². The number of anilines is 2. The average Bonchev–Trinajstić information content (AvgIpc) is 2.82. The molecule has 2 aromatic rings. The second kappa shape index (κ2) is 13.7. The molecule has 1 N–H and O–H groups in total. The maximum atomic E-state index is 15.1. The molecule has 0 spiro atoms. The Morgan fingerprint density at radius 1 is 1.20 bits per heavy atom. The van der Waals surface area contributed by atoms with Gasteiger partial charge in [0.1, 0.15) is 5.82 Å². The lowest BCUT2D eigenvalue weighted by Gasteiger charge is -2.32. The zero-order valence-electron chi connectivity index (χ0n) is 20.8.